The van der Waals surface area contributed by atoms with Crippen LogP contribution < -0.4 is 11.2 Å². The van der Waals surface area contributed by atoms with Crippen molar-refractivity contribution in [2.75, 3.05) is 0 Å². The molecule has 0 saturated heterocycles. The van der Waals surface area contributed by atoms with Gasteiger partial charge in [-0.25, -0.2) is 10.4 Å². The van der Waals surface area contributed by atoms with Gasteiger partial charge in [0, 0.05) is 0 Å². The van der Waals surface area contributed by atoms with E-state index in [1.807, 2.05) is 51.1 Å². The van der Waals surface area contributed by atoms with E-state index in [0.717, 1.165) is 28.1 Å². The smallest absolute Gasteiger partial charge is 0.214 e. The van der Waals surface area contributed by atoms with Crippen LogP contribution in [0, 0.1) is 20.8 Å². The van der Waals surface area contributed by atoms with Gasteiger partial charge in [0.25, 0.3) is 0 Å². The van der Waals surface area contributed by atoms with Crippen LogP contribution >= 0.6 is 0 Å². The van der Waals surface area contributed by atoms with Crippen LogP contribution in [-0.4, -0.2) is 11.7 Å². The molecule has 0 heterocycles. The van der Waals surface area contributed by atoms with Gasteiger partial charge in [-0.1, -0.05) is 48.0 Å². The van der Waals surface area contributed by atoms with Crippen molar-refractivity contribution < 1.29 is 0 Å². The van der Waals surface area contributed by atoms with E-state index >= 15 is 0 Å². The molecule has 0 bridgehead atoms. The second-order valence-corrected chi connectivity index (χ2v) is 5.41. The van der Waals surface area contributed by atoms with Gasteiger partial charge in [-0.15, -0.1) is 0 Å². The summed E-state index contributed by atoms with van der Waals surface area (Å²) in [6.45, 7) is 8.02. The number of nitrogens with one attached hydrogen (secondary N) is 1. The van der Waals surface area contributed by atoms with Crippen LogP contribution in [0.4, 0.5) is 5.69 Å². The number of aryl methyl sites for hydroxylation is 3. The van der Waals surface area contributed by atoms with Gasteiger partial charge < -0.3 is 5.73 Å². The summed E-state index contributed by atoms with van der Waals surface area (Å²) in [7, 11) is 0. The predicted molar refractivity (Wildman–Crippen MR) is 93.7 cm³/mol. The zero-order chi connectivity index (χ0) is 16.1. The monoisotopic (exact) mass is 294 g/mol. The number of nitrogens with two attached hydrogens (primary N) is 1. The quantitative estimate of drug-likeness (QED) is 0.516. The number of hydrogen-bond acceptors (Lipinski definition) is 2. The molecule has 22 heavy (non-hydrogen) atoms. The highest BCUT2D eigenvalue weighted by atomic mass is 15.4. The Balaban J connectivity index is 2.14. The minimum absolute atomic E-state index is 0.281. The Bertz CT molecular complexity index is 692. The number of rotatable bonds is 3. The van der Waals surface area contributed by atoms with E-state index in [-0.39, 0.29) is 5.96 Å². The van der Waals surface area contributed by atoms with E-state index in [4.69, 9.17) is 5.73 Å². The number of benzene rings is 2. The van der Waals surface area contributed by atoms with E-state index in [9.17, 15) is 0 Å². The number of aliphatic imine (C=N–C) groups is 1. The zero-order valence-corrected chi connectivity index (χ0v) is 13.5. The highest BCUT2D eigenvalue weighted by Crippen LogP contribution is 2.22. The third-order valence-electron chi connectivity index (χ3n) is 3.48. The molecule has 0 aromatic heterocycles. The number of nitrogens with zero attached hydrogens (tertiary/aromatic N) is 2. The van der Waals surface area contributed by atoms with Gasteiger partial charge in [-0.3, -0.25) is 0 Å². The Hall–Kier alpha value is -2.62. The van der Waals surface area contributed by atoms with Crippen molar-refractivity contribution in [1.82, 2.24) is 5.43 Å². The van der Waals surface area contributed by atoms with Crippen LogP contribution in [0.5, 0.6) is 0 Å². The summed E-state index contributed by atoms with van der Waals surface area (Å²) in [4.78, 5) is 4.41. The van der Waals surface area contributed by atoms with E-state index in [1.54, 1.807) is 0 Å². The van der Waals surface area contributed by atoms with Crippen LogP contribution in [0.1, 0.15) is 29.2 Å². The van der Waals surface area contributed by atoms with Crippen molar-refractivity contribution in [3.8, 4) is 0 Å². The van der Waals surface area contributed by atoms with Gasteiger partial charge in [0.05, 0.1) is 11.4 Å². The Labute approximate surface area is 131 Å². The van der Waals surface area contributed by atoms with Crippen LogP contribution in [0.25, 0.3) is 0 Å². The predicted octanol–water partition coefficient (Wildman–Crippen LogP) is 3.57. The van der Waals surface area contributed by atoms with Crippen molar-refractivity contribution in [3.63, 3.8) is 0 Å². The van der Waals surface area contributed by atoms with Crippen LogP contribution in [0.2, 0.25) is 0 Å². The van der Waals surface area contributed by atoms with Gasteiger partial charge in [-0.2, -0.15) is 5.10 Å². The van der Waals surface area contributed by atoms with E-state index in [2.05, 4.69) is 34.6 Å². The van der Waals surface area contributed by atoms with Crippen LogP contribution in [0.3, 0.4) is 0 Å². The molecule has 0 amide bonds. The van der Waals surface area contributed by atoms with Gasteiger partial charge in [-0.05, 0) is 44.4 Å². The number of hydrazone groups is 1. The molecule has 4 heteroatoms. The molecule has 2 aromatic carbocycles. The molecule has 0 spiro atoms. The lowest BCUT2D eigenvalue weighted by Crippen LogP contribution is -2.28. The molecule has 0 aliphatic rings. The molecular formula is C18H22N4. The summed E-state index contributed by atoms with van der Waals surface area (Å²) >= 11 is 0. The molecule has 0 saturated carbocycles. The first-order chi connectivity index (χ1) is 10.5. The lowest BCUT2D eigenvalue weighted by molar-refractivity contribution is 1.00. The van der Waals surface area contributed by atoms with Crippen LogP contribution in [0.15, 0.2) is 52.6 Å². The molecule has 2 rings (SSSR count). The maximum atomic E-state index is 5.93. The molecule has 0 aliphatic carbocycles. The zero-order valence-electron chi connectivity index (χ0n) is 13.5. The van der Waals surface area contributed by atoms with Crippen molar-refractivity contribution in [1.29, 1.82) is 0 Å². The van der Waals surface area contributed by atoms with Gasteiger partial charge in [0.1, 0.15) is 0 Å². The third kappa shape index (κ3) is 3.95. The lowest BCUT2D eigenvalue weighted by atomic mass is 10.1. The summed E-state index contributed by atoms with van der Waals surface area (Å²) < 4.78 is 0. The lowest BCUT2D eigenvalue weighted by Gasteiger charge is -2.07. The fraction of sp³-hybridized carbons (Fsp3) is 0.222. The molecule has 2 aromatic rings. The highest BCUT2D eigenvalue weighted by Gasteiger charge is 2.02. The second-order valence-electron chi connectivity index (χ2n) is 5.41. The molecule has 4 nitrogen and oxygen atoms in total. The summed E-state index contributed by atoms with van der Waals surface area (Å²) in [5, 5.41) is 4.29. The molecule has 114 valence electrons. The number of hydrogen-bond donors (Lipinski definition) is 2. The number of para-hydroxylation sites is 1. The molecule has 0 aliphatic heterocycles. The van der Waals surface area contributed by atoms with E-state index in [1.165, 1.54) is 5.56 Å². The van der Waals surface area contributed by atoms with Gasteiger partial charge >= 0.3 is 0 Å². The third-order valence-corrected chi connectivity index (χ3v) is 3.48. The molecular weight excluding hydrogens is 272 g/mol. The molecule has 0 atom stereocenters. The summed E-state index contributed by atoms with van der Waals surface area (Å²) in [6, 6.07) is 14.2. The van der Waals surface area contributed by atoms with Crippen molar-refractivity contribution >= 4 is 17.4 Å². The fourth-order valence-electron chi connectivity index (χ4n) is 2.13. The van der Waals surface area contributed by atoms with Crippen molar-refractivity contribution in [2.45, 2.75) is 27.7 Å². The van der Waals surface area contributed by atoms with E-state index in [0.29, 0.717) is 0 Å². The van der Waals surface area contributed by atoms with Crippen molar-refractivity contribution in [2.24, 2.45) is 15.8 Å². The average molecular weight is 294 g/mol. The van der Waals surface area contributed by atoms with Gasteiger partial charge in [0.2, 0.25) is 5.96 Å². The Morgan fingerprint density at radius 3 is 2.14 bits per heavy atom. The standard InChI is InChI=1S/C18H22N4/c1-12-8-10-16(11-9-12)15(4)21-22-18(19)20-17-13(2)6-5-7-14(17)3/h5-11H,1-4H3,(H3,19,20,22)/b21-15-. The Morgan fingerprint density at radius 1 is 0.955 bits per heavy atom. The Kier molecular flexibility index (Phi) is 4.94. The minimum atomic E-state index is 0.281. The van der Waals surface area contributed by atoms with Crippen molar-refractivity contribution in [3.05, 3.63) is 64.7 Å². The topological polar surface area (TPSA) is 62.8 Å². The Morgan fingerprint density at radius 2 is 1.55 bits per heavy atom. The summed E-state index contributed by atoms with van der Waals surface area (Å²) in [5.74, 6) is 0.281. The average Bonchev–Trinajstić information content (AvgIpc) is 2.49. The molecule has 0 fully saturated rings. The first-order valence-electron chi connectivity index (χ1n) is 7.25. The summed E-state index contributed by atoms with van der Waals surface area (Å²) in [6.07, 6.45) is 0. The minimum Gasteiger partial charge on any atom is -0.368 e. The summed E-state index contributed by atoms with van der Waals surface area (Å²) in [5.41, 5.74) is 14.9. The number of guanidine groups is 1. The maximum Gasteiger partial charge on any atom is 0.214 e. The highest BCUT2D eigenvalue weighted by molar-refractivity contribution is 5.99. The maximum absolute atomic E-state index is 5.93. The molecule has 0 unspecified atom stereocenters. The fourth-order valence-corrected chi connectivity index (χ4v) is 2.13. The first kappa shape index (κ1) is 15.8. The SMILES string of the molecule is C/C(=N/NC(N)=Nc1c(C)cccc1C)c1ccc(C)cc1. The largest absolute Gasteiger partial charge is 0.368 e. The molecule has 3 N–H and O–H groups in total. The first-order valence-corrected chi connectivity index (χ1v) is 7.25. The molecule has 0 radical (unpaired) electrons. The second kappa shape index (κ2) is 6.89. The van der Waals surface area contributed by atoms with Crippen LogP contribution in [-0.2, 0) is 0 Å². The normalized spacial score (nSPS) is 12.4. The van der Waals surface area contributed by atoms with Gasteiger partial charge in [0.15, 0.2) is 0 Å². The van der Waals surface area contributed by atoms with E-state index < -0.39 is 0 Å².